The van der Waals surface area contributed by atoms with E-state index in [-0.39, 0.29) is 0 Å². The van der Waals surface area contributed by atoms with Gasteiger partial charge in [0.1, 0.15) is 5.84 Å². The van der Waals surface area contributed by atoms with Crippen molar-refractivity contribution in [2.45, 2.75) is 13.3 Å². The van der Waals surface area contributed by atoms with Crippen LogP contribution in [0.4, 0.5) is 11.4 Å². The van der Waals surface area contributed by atoms with Crippen LogP contribution in [0.15, 0.2) is 41.4 Å². The molecule has 0 radical (unpaired) electrons. The van der Waals surface area contributed by atoms with E-state index in [4.69, 9.17) is 0 Å². The lowest BCUT2D eigenvalue weighted by Gasteiger charge is -2.17. The van der Waals surface area contributed by atoms with Gasteiger partial charge in [0.25, 0.3) is 0 Å². The molecule has 1 aliphatic rings. The average Bonchev–Trinajstić information content (AvgIpc) is 2.29. The van der Waals surface area contributed by atoms with Crippen LogP contribution in [0, 0.1) is 0 Å². The number of aliphatic imine (C=N–C) groups is 1. The third-order valence-electron chi connectivity index (χ3n) is 2.75. The molecule has 0 fully saturated rings. The number of nitrogens with one attached hydrogen (secondary N) is 1. The highest BCUT2D eigenvalue weighted by atomic mass is 15.0. The predicted molar refractivity (Wildman–Crippen MR) is 65.0 cm³/mol. The van der Waals surface area contributed by atoms with E-state index in [0.29, 0.717) is 0 Å². The molecule has 2 aromatic rings. The molecule has 0 aliphatic carbocycles. The van der Waals surface area contributed by atoms with Gasteiger partial charge < -0.3 is 5.32 Å². The monoisotopic (exact) mass is 196 g/mol. The number of amidine groups is 1. The quantitative estimate of drug-likeness (QED) is 0.738. The largest absolute Gasteiger partial charge is 0.343 e. The number of nitrogens with zero attached hydrogens (tertiary/aromatic N) is 1. The maximum atomic E-state index is 4.59. The Hall–Kier alpha value is -1.83. The van der Waals surface area contributed by atoms with Crippen molar-refractivity contribution in [3.8, 4) is 0 Å². The highest BCUT2D eigenvalue weighted by Crippen LogP contribution is 2.35. The van der Waals surface area contributed by atoms with Crippen LogP contribution < -0.4 is 5.32 Å². The summed E-state index contributed by atoms with van der Waals surface area (Å²) < 4.78 is 0. The molecule has 2 heteroatoms. The Bertz CT molecular complexity index is 550. The molecular weight excluding hydrogens is 184 g/mol. The summed E-state index contributed by atoms with van der Waals surface area (Å²) in [5, 5.41) is 5.84. The highest BCUT2D eigenvalue weighted by molar-refractivity contribution is 6.13. The summed E-state index contributed by atoms with van der Waals surface area (Å²) >= 11 is 0. The molecular formula is C13H12N2. The fourth-order valence-electron chi connectivity index (χ4n) is 2.01. The van der Waals surface area contributed by atoms with Gasteiger partial charge in [-0.15, -0.1) is 0 Å². The standard InChI is InChI=1S/C13H12N2/c1-2-12-14-10-7-3-5-9-6-4-8-11(15-12)13(9)10/h3-8H,2H2,1H3,(H,14,15). The minimum atomic E-state index is 0.935. The lowest BCUT2D eigenvalue weighted by atomic mass is 10.1. The molecule has 0 spiro atoms. The Balaban J connectivity index is 2.38. The van der Waals surface area contributed by atoms with E-state index in [0.717, 1.165) is 17.9 Å². The van der Waals surface area contributed by atoms with Crippen LogP contribution in [0.2, 0.25) is 0 Å². The molecule has 0 aromatic heterocycles. The van der Waals surface area contributed by atoms with Gasteiger partial charge in [-0.25, -0.2) is 4.99 Å². The zero-order valence-corrected chi connectivity index (χ0v) is 8.62. The lowest BCUT2D eigenvalue weighted by molar-refractivity contribution is 1.25. The van der Waals surface area contributed by atoms with E-state index in [1.807, 2.05) is 0 Å². The van der Waals surface area contributed by atoms with Crippen molar-refractivity contribution in [1.29, 1.82) is 0 Å². The molecule has 1 aliphatic heterocycles. The summed E-state index contributed by atoms with van der Waals surface area (Å²) in [4.78, 5) is 4.59. The lowest BCUT2D eigenvalue weighted by Crippen LogP contribution is -2.13. The van der Waals surface area contributed by atoms with Gasteiger partial charge in [0.2, 0.25) is 0 Å². The molecule has 0 atom stereocenters. The van der Waals surface area contributed by atoms with Crippen LogP contribution in [-0.4, -0.2) is 5.84 Å². The summed E-state index contributed by atoms with van der Waals surface area (Å²) in [7, 11) is 0. The zero-order valence-electron chi connectivity index (χ0n) is 8.62. The van der Waals surface area contributed by atoms with Crippen LogP contribution in [0.25, 0.3) is 10.8 Å². The van der Waals surface area contributed by atoms with Crippen molar-refractivity contribution >= 4 is 28.0 Å². The number of rotatable bonds is 1. The second kappa shape index (κ2) is 3.09. The number of anilines is 1. The Labute approximate surface area is 88.6 Å². The van der Waals surface area contributed by atoms with Crippen LogP contribution in [0.1, 0.15) is 13.3 Å². The third-order valence-corrected chi connectivity index (χ3v) is 2.75. The first-order valence-electron chi connectivity index (χ1n) is 5.25. The average molecular weight is 196 g/mol. The Morgan fingerprint density at radius 1 is 1.13 bits per heavy atom. The molecule has 0 unspecified atom stereocenters. The molecule has 2 aromatic carbocycles. The fourth-order valence-corrected chi connectivity index (χ4v) is 2.01. The van der Waals surface area contributed by atoms with Gasteiger partial charge in [0.15, 0.2) is 0 Å². The van der Waals surface area contributed by atoms with Crippen molar-refractivity contribution in [2.24, 2.45) is 4.99 Å². The summed E-state index contributed by atoms with van der Waals surface area (Å²) in [5.74, 6) is 1.04. The van der Waals surface area contributed by atoms with E-state index >= 15 is 0 Å². The molecule has 3 rings (SSSR count). The van der Waals surface area contributed by atoms with E-state index in [2.05, 4.69) is 53.6 Å². The van der Waals surface area contributed by atoms with Gasteiger partial charge >= 0.3 is 0 Å². The second-order valence-corrected chi connectivity index (χ2v) is 3.72. The first-order chi connectivity index (χ1) is 7.38. The number of hydrogen-bond donors (Lipinski definition) is 1. The molecule has 0 saturated carbocycles. The molecule has 0 amide bonds. The number of hydrogen-bond acceptors (Lipinski definition) is 2. The molecule has 74 valence electrons. The highest BCUT2D eigenvalue weighted by Gasteiger charge is 2.11. The van der Waals surface area contributed by atoms with Crippen molar-refractivity contribution in [2.75, 3.05) is 5.32 Å². The van der Waals surface area contributed by atoms with Crippen molar-refractivity contribution in [1.82, 2.24) is 0 Å². The summed E-state index contributed by atoms with van der Waals surface area (Å²) in [6.07, 6.45) is 0.935. The third kappa shape index (κ3) is 1.22. The Morgan fingerprint density at radius 3 is 2.73 bits per heavy atom. The number of benzene rings is 2. The molecule has 1 N–H and O–H groups in total. The summed E-state index contributed by atoms with van der Waals surface area (Å²) in [5.41, 5.74) is 2.26. The van der Waals surface area contributed by atoms with E-state index < -0.39 is 0 Å². The smallest absolute Gasteiger partial charge is 0.106 e. The van der Waals surface area contributed by atoms with Gasteiger partial charge in [0, 0.05) is 17.5 Å². The fraction of sp³-hybridized carbons (Fsp3) is 0.154. The second-order valence-electron chi connectivity index (χ2n) is 3.72. The SMILES string of the molecule is CCC1=Nc2cccc3cccc(c23)N1. The van der Waals surface area contributed by atoms with Crippen molar-refractivity contribution < 1.29 is 0 Å². The first kappa shape index (κ1) is 8.48. The maximum Gasteiger partial charge on any atom is 0.106 e. The van der Waals surface area contributed by atoms with Gasteiger partial charge in [-0.05, 0) is 17.5 Å². The van der Waals surface area contributed by atoms with Gasteiger partial charge in [-0.2, -0.15) is 0 Å². The first-order valence-corrected chi connectivity index (χ1v) is 5.25. The van der Waals surface area contributed by atoms with E-state index in [9.17, 15) is 0 Å². The molecule has 0 saturated heterocycles. The Morgan fingerprint density at radius 2 is 1.93 bits per heavy atom. The van der Waals surface area contributed by atoms with Crippen LogP contribution in [0.3, 0.4) is 0 Å². The maximum absolute atomic E-state index is 4.59. The molecule has 0 bridgehead atoms. The predicted octanol–water partition coefficient (Wildman–Crippen LogP) is 3.71. The summed E-state index contributed by atoms with van der Waals surface area (Å²) in [6.45, 7) is 2.11. The minimum absolute atomic E-state index is 0.935. The topological polar surface area (TPSA) is 24.4 Å². The van der Waals surface area contributed by atoms with Crippen LogP contribution >= 0.6 is 0 Å². The van der Waals surface area contributed by atoms with Gasteiger partial charge in [-0.1, -0.05) is 31.2 Å². The van der Waals surface area contributed by atoms with Crippen molar-refractivity contribution in [3.63, 3.8) is 0 Å². The zero-order chi connectivity index (χ0) is 10.3. The molecule has 15 heavy (non-hydrogen) atoms. The van der Waals surface area contributed by atoms with Crippen LogP contribution in [0.5, 0.6) is 0 Å². The van der Waals surface area contributed by atoms with Gasteiger partial charge in [-0.3, -0.25) is 0 Å². The van der Waals surface area contributed by atoms with E-state index in [1.54, 1.807) is 0 Å². The minimum Gasteiger partial charge on any atom is -0.343 e. The summed E-state index contributed by atoms with van der Waals surface area (Å²) in [6, 6.07) is 12.6. The normalized spacial score (nSPS) is 13.5. The molecule has 1 heterocycles. The van der Waals surface area contributed by atoms with Crippen molar-refractivity contribution in [3.05, 3.63) is 36.4 Å². The van der Waals surface area contributed by atoms with Gasteiger partial charge in [0.05, 0.1) is 5.69 Å². The Kier molecular flexibility index (Phi) is 1.75. The van der Waals surface area contributed by atoms with Crippen LogP contribution in [-0.2, 0) is 0 Å². The molecule has 2 nitrogen and oxygen atoms in total. The van der Waals surface area contributed by atoms with E-state index in [1.165, 1.54) is 16.5 Å².